The van der Waals surface area contributed by atoms with E-state index in [1.165, 1.54) is 31.4 Å². The van der Waals surface area contributed by atoms with Gasteiger partial charge in [-0.2, -0.15) is 0 Å². The van der Waals surface area contributed by atoms with E-state index in [0.717, 1.165) is 25.0 Å². The van der Waals surface area contributed by atoms with E-state index in [1.54, 1.807) is 6.07 Å². The highest BCUT2D eigenvalue weighted by Gasteiger charge is 2.26. The Bertz CT molecular complexity index is 937. The normalized spacial score (nSPS) is 13.6. The summed E-state index contributed by atoms with van der Waals surface area (Å²) in [7, 11) is 1.39. The number of carbonyl (C=O) groups excluding carboxylic acids is 1. The van der Waals surface area contributed by atoms with Gasteiger partial charge in [0.15, 0.2) is 0 Å². The number of rotatable bonds is 6. The quantitative estimate of drug-likeness (QED) is 0.536. The molecule has 5 nitrogen and oxygen atoms in total. The molecule has 27 heavy (non-hydrogen) atoms. The minimum Gasteiger partial charge on any atom is -0.495 e. The van der Waals surface area contributed by atoms with Crippen molar-refractivity contribution in [2.75, 3.05) is 12.8 Å². The second kappa shape index (κ2) is 7.57. The molecule has 0 aromatic heterocycles. The van der Waals surface area contributed by atoms with Crippen LogP contribution in [0.25, 0.3) is 6.08 Å². The molecular weight excluding hydrogens is 352 g/mol. The molecule has 0 unspecified atom stereocenters. The van der Waals surface area contributed by atoms with Gasteiger partial charge in [-0.3, -0.25) is 4.79 Å². The van der Waals surface area contributed by atoms with Gasteiger partial charge in [-0.1, -0.05) is 0 Å². The van der Waals surface area contributed by atoms with Crippen molar-refractivity contribution in [2.24, 2.45) is 0 Å². The number of nitrogen functional groups attached to an aromatic ring is 1. The van der Waals surface area contributed by atoms with Crippen molar-refractivity contribution in [1.82, 2.24) is 5.32 Å². The summed E-state index contributed by atoms with van der Waals surface area (Å²) < 4.78 is 32.1. The average molecular weight is 371 g/mol. The number of benzene rings is 2. The average Bonchev–Trinajstić information content (AvgIpc) is 3.44. The first-order chi connectivity index (χ1) is 12.9. The van der Waals surface area contributed by atoms with Gasteiger partial charge in [-0.05, 0) is 49.3 Å². The first-order valence-electron chi connectivity index (χ1n) is 8.40. The highest BCUT2D eigenvalue weighted by atomic mass is 19.1. The molecule has 3 rings (SSSR count). The Balaban J connectivity index is 1.93. The van der Waals surface area contributed by atoms with Crippen LogP contribution in [-0.2, 0) is 0 Å². The van der Waals surface area contributed by atoms with Crippen molar-refractivity contribution < 1.29 is 18.3 Å². The van der Waals surface area contributed by atoms with Crippen LogP contribution in [0.1, 0.15) is 34.3 Å². The third-order valence-electron chi connectivity index (χ3n) is 4.21. The van der Waals surface area contributed by atoms with E-state index in [4.69, 9.17) is 15.9 Å². The van der Waals surface area contributed by atoms with Crippen molar-refractivity contribution in [3.05, 3.63) is 64.7 Å². The number of amides is 1. The standard InChI is InChI=1S/C20H19F2N3O2/c1-27-19-14(20(26)25-13-5-6-13)7-9-17(24)18(19)16(23)8-3-11-2-4-12(21)10-15(11)22/h2-4,7-10,13,23H,5-6,24H2,1H3,(H,25,26)/b8-3+,23-16?. The van der Waals surface area contributed by atoms with Gasteiger partial charge >= 0.3 is 0 Å². The lowest BCUT2D eigenvalue weighted by molar-refractivity contribution is 0.0948. The maximum absolute atomic E-state index is 13.8. The largest absolute Gasteiger partial charge is 0.495 e. The molecule has 1 saturated carbocycles. The SMILES string of the molecule is COc1c(C(=O)NC2CC2)ccc(N)c1C(=N)/C=C/c1ccc(F)cc1F. The van der Waals surface area contributed by atoms with Gasteiger partial charge in [0.05, 0.1) is 23.9 Å². The smallest absolute Gasteiger partial charge is 0.255 e. The van der Waals surface area contributed by atoms with Crippen molar-refractivity contribution >= 4 is 23.4 Å². The van der Waals surface area contributed by atoms with Crippen LogP contribution in [0, 0.1) is 17.0 Å². The first-order valence-corrected chi connectivity index (χ1v) is 8.40. The van der Waals surface area contributed by atoms with Gasteiger partial charge in [0.2, 0.25) is 0 Å². The van der Waals surface area contributed by atoms with E-state index in [-0.39, 0.29) is 45.8 Å². The molecule has 1 aliphatic rings. The number of halogens is 2. The minimum atomic E-state index is -0.739. The van der Waals surface area contributed by atoms with E-state index in [0.29, 0.717) is 0 Å². The summed E-state index contributed by atoms with van der Waals surface area (Å²) in [5.41, 5.74) is 6.82. The summed E-state index contributed by atoms with van der Waals surface area (Å²) in [6, 6.07) is 6.41. The fourth-order valence-electron chi connectivity index (χ4n) is 2.65. The Kier molecular flexibility index (Phi) is 5.21. The second-order valence-electron chi connectivity index (χ2n) is 6.27. The number of methoxy groups -OCH3 is 1. The monoisotopic (exact) mass is 371 g/mol. The third-order valence-corrected chi connectivity index (χ3v) is 4.21. The number of nitrogens with one attached hydrogen (secondary N) is 2. The lowest BCUT2D eigenvalue weighted by atomic mass is 10.0. The van der Waals surface area contributed by atoms with E-state index >= 15 is 0 Å². The molecule has 0 bridgehead atoms. The maximum atomic E-state index is 13.8. The topological polar surface area (TPSA) is 88.2 Å². The number of carbonyl (C=O) groups is 1. The zero-order valence-electron chi connectivity index (χ0n) is 14.7. The molecule has 0 radical (unpaired) electrons. The summed E-state index contributed by atoms with van der Waals surface area (Å²) in [6.07, 6.45) is 4.55. The van der Waals surface area contributed by atoms with Crippen LogP contribution in [0.2, 0.25) is 0 Å². The van der Waals surface area contributed by atoms with Crippen molar-refractivity contribution in [1.29, 1.82) is 5.41 Å². The van der Waals surface area contributed by atoms with Crippen LogP contribution >= 0.6 is 0 Å². The van der Waals surface area contributed by atoms with E-state index in [9.17, 15) is 13.6 Å². The Morgan fingerprint density at radius 3 is 2.67 bits per heavy atom. The summed E-state index contributed by atoms with van der Waals surface area (Å²) >= 11 is 0. The molecule has 2 aromatic rings. The second-order valence-corrected chi connectivity index (χ2v) is 6.27. The molecule has 1 amide bonds. The molecule has 1 fully saturated rings. The van der Waals surface area contributed by atoms with Crippen LogP contribution in [0.5, 0.6) is 5.75 Å². The minimum absolute atomic E-state index is 0.0610. The Labute approximate surface area is 155 Å². The van der Waals surface area contributed by atoms with Gasteiger partial charge in [-0.25, -0.2) is 8.78 Å². The summed E-state index contributed by atoms with van der Waals surface area (Å²) in [6.45, 7) is 0. The Hall–Kier alpha value is -3.22. The molecule has 0 atom stereocenters. The molecule has 7 heteroatoms. The van der Waals surface area contributed by atoms with Crippen LogP contribution in [0.4, 0.5) is 14.5 Å². The van der Waals surface area contributed by atoms with Crippen LogP contribution < -0.4 is 15.8 Å². The van der Waals surface area contributed by atoms with E-state index in [2.05, 4.69) is 5.32 Å². The molecule has 2 aromatic carbocycles. The van der Waals surface area contributed by atoms with Gasteiger partial charge in [0.1, 0.15) is 17.4 Å². The van der Waals surface area contributed by atoms with Gasteiger partial charge in [0.25, 0.3) is 5.91 Å². The first kappa shape index (κ1) is 18.6. The fourth-order valence-corrected chi connectivity index (χ4v) is 2.65. The zero-order valence-corrected chi connectivity index (χ0v) is 14.7. The molecule has 0 aliphatic heterocycles. The summed E-state index contributed by atoms with van der Waals surface area (Å²) in [5.74, 6) is -1.53. The predicted molar refractivity (Wildman–Crippen MR) is 100 cm³/mol. The Morgan fingerprint density at radius 2 is 2.04 bits per heavy atom. The Morgan fingerprint density at radius 1 is 1.30 bits per heavy atom. The molecular formula is C20H19F2N3O2. The zero-order chi connectivity index (χ0) is 19.6. The number of allylic oxidation sites excluding steroid dienone is 1. The molecule has 140 valence electrons. The van der Waals surface area contributed by atoms with Crippen LogP contribution in [0.15, 0.2) is 36.4 Å². The number of hydrogen-bond acceptors (Lipinski definition) is 4. The van der Waals surface area contributed by atoms with Crippen molar-refractivity contribution in [3.63, 3.8) is 0 Å². The lowest BCUT2D eigenvalue weighted by Crippen LogP contribution is -2.26. The van der Waals surface area contributed by atoms with Gasteiger partial charge in [-0.15, -0.1) is 0 Å². The third kappa shape index (κ3) is 4.13. The van der Waals surface area contributed by atoms with Gasteiger partial charge < -0.3 is 21.2 Å². The van der Waals surface area contributed by atoms with Crippen molar-refractivity contribution in [3.8, 4) is 5.75 Å². The maximum Gasteiger partial charge on any atom is 0.255 e. The highest BCUT2D eigenvalue weighted by Crippen LogP contribution is 2.31. The van der Waals surface area contributed by atoms with Crippen LogP contribution in [-0.4, -0.2) is 24.8 Å². The van der Waals surface area contributed by atoms with E-state index in [1.807, 2.05) is 0 Å². The van der Waals surface area contributed by atoms with Crippen molar-refractivity contribution in [2.45, 2.75) is 18.9 Å². The lowest BCUT2D eigenvalue weighted by Gasteiger charge is -2.15. The predicted octanol–water partition coefficient (Wildman–Crippen LogP) is 3.53. The molecule has 4 N–H and O–H groups in total. The molecule has 0 heterocycles. The highest BCUT2D eigenvalue weighted by molar-refractivity contribution is 6.15. The molecule has 1 aliphatic carbocycles. The molecule has 0 spiro atoms. The van der Waals surface area contributed by atoms with Gasteiger partial charge in [0, 0.05) is 23.4 Å². The number of ether oxygens (including phenoxy) is 1. The summed E-state index contributed by atoms with van der Waals surface area (Å²) in [5, 5.41) is 11.2. The fraction of sp³-hybridized carbons (Fsp3) is 0.200. The number of anilines is 1. The van der Waals surface area contributed by atoms with E-state index < -0.39 is 11.6 Å². The number of hydrogen-bond donors (Lipinski definition) is 3. The summed E-state index contributed by atoms with van der Waals surface area (Å²) in [4.78, 5) is 12.4. The van der Waals surface area contributed by atoms with Crippen LogP contribution in [0.3, 0.4) is 0 Å². The number of nitrogens with two attached hydrogens (primary N) is 1. The molecule has 0 saturated heterocycles.